The molecule has 0 spiro atoms. The van der Waals surface area contributed by atoms with E-state index < -0.39 is 0 Å². The maximum absolute atomic E-state index is 5.52. The molecule has 0 amide bonds. The van der Waals surface area contributed by atoms with Gasteiger partial charge in [-0.25, -0.2) is 0 Å². The number of hydrogen-bond donors (Lipinski definition) is 2. The number of rotatable bonds is 6. The SMILES string of the molecule is CCC1(CNC(=NC)NCC(C)N2CCOCC2C)CCC1. The molecule has 2 atom stereocenters. The summed E-state index contributed by atoms with van der Waals surface area (Å²) in [6, 6.07) is 0.986. The van der Waals surface area contributed by atoms with Crippen molar-refractivity contribution >= 4 is 5.96 Å². The fourth-order valence-electron chi connectivity index (χ4n) is 3.58. The number of nitrogens with zero attached hydrogens (tertiary/aromatic N) is 2. The largest absolute Gasteiger partial charge is 0.379 e. The van der Waals surface area contributed by atoms with E-state index in [1.54, 1.807) is 0 Å². The van der Waals surface area contributed by atoms with Crippen LogP contribution in [-0.4, -0.2) is 62.8 Å². The van der Waals surface area contributed by atoms with Gasteiger partial charge in [0.05, 0.1) is 13.2 Å². The van der Waals surface area contributed by atoms with Crippen molar-refractivity contribution in [1.82, 2.24) is 15.5 Å². The molecule has 1 heterocycles. The first-order valence-electron chi connectivity index (χ1n) is 8.88. The summed E-state index contributed by atoms with van der Waals surface area (Å²) in [6.45, 7) is 11.5. The molecule has 0 bridgehead atoms. The Morgan fingerprint density at radius 3 is 2.73 bits per heavy atom. The molecule has 5 nitrogen and oxygen atoms in total. The van der Waals surface area contributed by atoms with E-state index in [-0.39, 0.29) is 0 Å². The highest BCUT2D eigenvalue weighted by Gasteiger charge is 2.35. The average Bonchev–Trinajstić information content (AvgIpc) is 2.49. The van der Waals surface area contributed by atoms with Crippen LogP contribution in [0.5, 0.6) is 0 Å². The molecule has 5 heteroatoms. The lowest BCUT2D eigenvalue weighted by molar-refractivity contribution is -0.0174. The first-order valence-corrected chi connectivity index (χ1v) is 8.88. The van der Waals surface area contributed by atoms with Gasteiger partial charge in [-0.05, 0) is 38.5 Å². The van der Waals surface area contributed by atoms with Crippen LogP contribution in [0, 0.1) is 5.41 Å². The van der Waals surface area contributed by atoms with E-state index >= 15 is 0 Å². The molecule has 1 aliphatic heterocycles. The Bertz CT molecular complexity index is 362. The minimum atomic E-state index is 0.487. The van der Waals surface area contributed by atoms with Gasteiger partial charge < -0.3 is 15.4 Å². The zero-order chi connectivity index (χ0) is 16.0. The fourth-order valence-corrected chi connectivity index (χ4v) is 3.58. The second kappa shape index (κ2) is 8.16. The van der Waals surface area contributed by atoms with Crippen molar-refractivity contribution in [3.63, 3.8) is 0 Å². The summed E-state index contributed by atoms with van der Waals surface area (Å²) < 4.78 is 5.52. The van der Waals surface area contributed by atoms with E-state index in [9.17, 15) is 0 Å². The summed E-state index contributed by atoms with van der Waals surface area (Å²) in [5, 5.41) is 7.02. The molecule has 0 aromatic rings. The molecule has 1 saturated carbocycles. The van der Waals surface area contributed by atoms with E-state index in [4.69, 9.17) is 4.74 Å². The van der Waals surface area contributed by atoms with Crippen LogP contribution in [0.2, 0.25) is 0 Å². The van der Waals surface area contributed by atoms with Gasteiger partial charge in [-0.2, -0.15) is 0 Å². The maximum atomic E-state index is 5.52. The lowest BCUT2D eigenvalue weighted by atomic mass is 9.67. The predicted molar refractivity (Wildman–Crippen MR) is 92.4 cm³/mol. The Labute approximate surface area is 135 Å². The fraction of sp³-hybridized carbons (Fsp3) is 0.941. The number of nitrogens with one attached hydrogen (secondary N) is 2. The van der Waals surface area contributed by atoms with Gasteiger partial charge in [-0.15, -0.1) is 0 Å². The number of morpholine rings is 1. The van der Waals surface area contributed by atoms with Crippen molar-refractivity contribution in [2.45, 2.75) is 58.5 Å². The number of aliphatic imine (C=N–C) groups is 1. The molecule has 1 saturated heterocycles. The highest BCUT2D eigenvalue weighted by Crippen LogP contribution is 2.42. The third kappa shape index (κ3) is 4.35. The Morgan fingerprint density at radius 2 is 2.18 bits per heavy atom. The minimum Gasteiger partial charge on any atom is -0.379 e. The highest BCUT2D eigenvalue weighted by molar-refractivity contribution is 5.79. The molecule has 0 aromatic heterocycles. The first kappa shape index (κ1) is 17.5. The molecule has 0 radical (unpaired) electrons. The van der Waals surface area contributed by atoms with E-state index in [1.165, 1.54) is 25.7 Å². The summed E-state index contributed by atoms with van der Waals surface area (Å²) in [7, 11) is 1.86. The van der Waals surface area contributed by atoms with Crippen molar-refractivity contribution in [2.75, 3.05) is 39.9 Å². The third-order valence-corrected chi connectivity index (χ3v) is 5.57. The standard InChI is InChI=1S/C17H34N4O/c1-5-17(7-6-8-17)13-20-16(18-4)19-11-14(2)21-9-10-22-12-15(21)3/h14-15H,5-13H2,1-4H3,(H2,18,19,20). The molecule has 2 aliphatic rings. The van der Waals surface area contributed by atoms with Crippen LogP contribution in [0.15, 0.2) is 4.99 Å². The van der Waals surface area contributed by atoms with Gasteiger partial charge in [-0.1, -0.05) is 13.3 Å². The summed E-state index contributed by atoms with van der Waals surface area (Å²) in [4.78, 5) is 6.89. The van der Waals surface area contributed by atoms with Gasteiger partial charge in [0.25, 0.3) is 0 Å². The zero-order valence-corrected chi connectivity index (χ0v) is 14.8. The molecule has 0 aromatic carbocycles. The quantitative estimate of drug-likeness (QED) is 0.580. The van der Waals surface area contributed by atoms with Gasteiger partial charge in [0.15, 0.2) is 5.96 Å². The summed E-state index contributed by atoms with van der Waals surface area (Å²) >= 11 is 0. The van der Waals surface area contributed by atoms with E-state index in [0.717, 1.165) is 38.8 Å². The molecular formula is C17H34N4O. The second-order valence-electron chi connectivity index (χ2n) is 7.02. The Morgan fingerprint density at radius 1 is 1.41 bits per heavy atom. The molecule has 1 aliphatic carbocycles. The lowest BCUT2D eigenvalue weighted by Crippen LogP contribution is -2.53. The van der Waals surface area contributed by atoms with Gasteiger partial charge in [0.1, 0.15) is 0 Å². The van der Waals surface area contributed by atoms with E-state index in [1.807, 2.05) is 7.05 Å². The molecule has 2 N–H and O–H groups in total. The molecule has 2 rings (SSSR count). The average molecular weight is 310 g/mol. The van der Waals surface area contributed by atoms with Gasteiger partial charge in [0.2, 0.25) is 0 Å². The van der Waals surface area contributed by atoms with Crippen molar-refractivity contribution in [2.24, 2.45) is 10.4 Å². The number of guanidine groups is 1. The third-order valence-electron chi connectivity index (χ3n) is 5.57. The van der Waals surface area contributed by atoms with E-state index in [2.05, 4.69) is 41.3 Å². The van der Waals surface area contributed by atoms with Crippen LogP contribution in [0.3, 0.4) is 0 Å². The molecule has 2 unspecified atom stereocenters. The Balaban J connectivity index is 1.73. The molecule has 2 fully saturated rings. The van der Waals surface area contributed by atoms with Crippen molar-refractivity contribution in [3.05, 3.63) is 0 Å². The Kier molecular flexibility index (Phi) is 6.50. The van der Waals surface area contributed by atoms with Crippen LogP contribution in [0.4, 0.5) is 0 Å². The smallest absolute Gasteiger partial charge is 0.191 e. The van der Waals surface area contributed by atoms with Gasteiger partial charge in [-0.3, -0.25) is 9.89 Å². The van der Waals surface area contributed by atoms with E-state index in [0.29, 0.717) is 17.5 Å². The monoisotopic (exact) mass is 310 g/mol. The van der Waals surface area contributed by atoms with Gasteiger partial charge >= 0.3 is 0 Å². The second-order valence-corrected chi connectivity index (χ2v) is 7.02. The van der Waals surface area contributed by atoms with Crippen molar-refractivity contribution in [3.8, 4) is 0 Å². The normalized spacial score (nSPS) is 27.1. The predicted octanol–water partition coefficient (Wildman–Crippen LogP) is 1.84. The van der Waals surface area contributed by atoms with Crippen LogP contribution in [-0.2, 0) is 4.74 Å². The van der Waals surface area contributed by atoms with Crippen LogP contribution >= 0.6 is 0 Å². The first-order chi connectivity index (χ1) is 10.6. The van der Waals surface area contributed by atoms with Crippen molar-refractivity contribution < 1.29 is 4.74 Å². The van der Waals surface area contributed by atoms with Crippen LogP contribution in [0.25, 0.3) is 0 Å². The summed E-state index contributed by atoms with van der Waals surface area (Å²) in [6.07, 6.45) is 5.36. The molecule has 128 valence electrons. The number of hydrogen-bond acceptors (Lipinski definition) is 3. The Hall–Kier alpha value is -0.810. The molecule has 22 heavy (non-hydrogen) atoms. The zero-order valence-electron chi connectivity index (χ0n) is 14.8. The minimum absolute atomic E-state index is 0.487. The van der Waals surface area contributed by atoms with Gasteiger partial charge in [0, 0.05) is 38.8 Å². The van der Waals surface area contributed by atoms with Crippen LogP contribution < -0.4 is 10.6 Å². The summed E-state index contributed by atoms with van der Waals surface area (Å²) in [5.74, 6) is 0.937. The summed E-state index contributed by atoms with van der Waals surface area (Å²) in [5.41, 5.74) is 0.516. The lowest BCUT2D eigenvalue weighted by Gasteiger charge is -2.42. The maximum Gasteiger partial charge on any atom is 0.191 e. The number of ether oxygens (including phenoxy) is 1. The van der Waals surface area contributed by atoms with Crippen LogP contribution in [0.1, 0.15) is 46.5 Å². The topological polar surface area (TPSA) is 48.9 Å². The van der Waals surface area contributed by atoms with Crippen molar-refractivity contribution in [1.29, 1.82) is 0 Å². The molecular weight excluding hydrogens is 276 g/mol. The highest BCUT2D eigenvalue weighted by atomic mass is 16.5.